The minimum Gasteiger partial charge on any atom is -0.438 e. The van der Waals surface area contributed by atoms with Crippen LogP contribution >= 0.6 is 0 Å². The Kier molecular flexibility index (Phi) is 3.90. The van der Waals surface area contributed by atoms with E-state index in [1.807, 2.05) is 49.0 Å². The molecule has 8 heteroatoms. The zero-order chi connectivity index (χ0) is 20.0. The number of imidazole rings is 1. The van der Waals surface area contributed by atoms with Crippen molar-refractivity contribution in [3.05, 3.63) is 60.6 Å². The average Bonchev–Trinajstić information content (AvgIpc) is 3.25. The predicted octanol–water partition coefficient (Wildman–Crippen LogP) is 4.09. The summed E-state index contributed by atoms with van der Waals surface area (Å²) < 4.78 is 9.73. The predicted molar refractivity (Wildman–Crippen MR) is 112 cm³/mol. The number of nitrogens with zero attached hydrogens (tertiary/aromatic N) is 6. The lowest BCUT2D eigenvalue weighted by Crippen LogP contribution is -1.98. The molecule has 0 aliphatic heterocycles. The number of rotatable bonds is 4. The van der Waals surface area contributed by atoms with E-state index in [9.17, 15) is 0 Å². The van der Waals surface area contributed by atoms with Gasteiger partial charge in [0, 0.05) is 25.8 Å². The number of ether oxygens (including phenoxy) is 1. The van der Waals surface area contributed by atoms with Gasteiger partial charge < -0.3 is 14.6 Å². The second-order valence-corrected chi connectivity index (χ2v) is 6.92. The van der Waals surface area contributed by atoms with Gasteiger partial charge in [0.25, 0.3) is 0 Å². The van der Waals surface area contributed by atoms with Crippen LogP contribution in [0.5, 0.6) is 11.6 Å². The van der Waals surface area contributed by atoms with E-state index in [0.717, 1.165) is 33.7 Å². The highest BCUT2D eigenvalue weighted by Gasteiger charge is 2.13. The lowest BCUT2D eigenvalue weighted by Gasteiger charge is -2.06. The lowest BCUT2D eigenvalue weighted by atomic mass is 10.2. The van der Waals surface area contributed by atoms with Crippen molar-refractivity contribution in [2.24, 2.45) is 14.1 Å². The molecule has 8 nitrogen and oxygen atoms in total. The van der Waals surface area contributed by atoms with Crippen LogP contribution in [0.25, 0.3) is 22.1 Å². The molecule has 29 heavy (non-hydrogen) atoms. The van der Waals surface area contributed by atoms with Crippen molar-refractivity contribution < 1.29 is 4.74 Å². The molecule has 0 aliphatic carbocycles. The van der Waals surface area contributed by atoms with Crippen LogP contribution in [0.4, 0.5) is 11.6 Å². The molecule has 2 aromatic carbocycles. The lowest BCUT2D eigenvalue weighted by molar-refractivity contribution is 0.468. The summed E-state index contributed by atoms with van der Waals surface area (Å²) in [5, 5.41) is 8.34. The van der Waals surface area contributed by atoms with Crippen LogP contribution in [-0.2, 0) is 14.1 Å². The molecule has 3 heterocycles. The van der Waals surface area contributed by atoms with Gasteiger partial charge in [-0.3, -0.25) is 4.68 Å². The molecule has 1 N–H and O–H groups in total. The first-order valence-electron chi connectivity index (χ1n) is 9.19. The molecular formula is C21H19N7O. The Morgan fingerprint density at radius 3 is 2.66 bits per heavy atom. The van der Waals surface area contributed by atoms with Gasteiger partial charge in [-0.15, -0.1) is 0 Å². The van der Waals surface area contributed by atoms with Crippen LogP contribution in [0.1, 0.15) is 5.56 Å². The quantitative estimate of drug-likeness (QED) is 0.502. The largest absolute Gasteiger partial charge is 0.438 e. The van der Waals surface area contributed by atoms with E-state index in [1.165, 1.54) is 11.9 Å². The number of hydrogen-bond acceptors (Lipinski definition) is 6. The SMILES string of the molecule is Cc1ccc(Nc2nc3cc(Oc4ncnc5c4cnn5C)ccc3n2C)cc1. The third-order valence-electron chi connectivity index (χ3n) is 4.87. The summed E-state index contributed by atoms with van der Waals surface area (Å²) in [5.74, 6) is 1.88. The van der Waals surface area contributed by atoms with Gasteiger partial charge in [-0.1, -0.05) is 17.7 Å². The standard InChI is InChI=1S/C21H19N7O/c1-13-4-6-14(7-5-13)25-21-26-17-10-15(8-9-18(17)27(21)2)29-20-16-11-24-28(3)19(16)22-12-23-20/h4-12H,1-3H3,(H,25,26). The zero-order valence-electron chi connectivity index (χ0n) is 16.3. The molecule has 0 amide bonds. The number of aromatic nitrogens is 6. The van der Waals surface area contributed by atoms with E-state index in [1.54, 1.807) is 10.9 Å². The highest BCUT2D eigenvalue weighted by atomic mass is 16.5. The average molecular weight is 385 g/mol. The molecule has 0 aliphatic rings. The Morgan fingerprint density at radius 1 is 1.00 bits per heavy atom. The second kappa shape index (κ2) is 6.59. The van der Waals surface area contributed by atoms with E-state index in [2.05, 4.69) is 39.4 Å². The third-order valence-corrected chi connectivity index (χ3v) is 4.87. The van der Waals surface area contributed by atoms with Crippen molar-refractivity contribution in [1.29, 1.82) is 0 Å². The summed E-state index contributed by atoms with van der Waals surface area (Å²) in [6.45, 7) is 2.07. The maximum absolute atomic E-state index is 6.02. The fourth-order valence-corrected chi connectivity index (χ4v) is 3.25. The van der Waals surface area contributed by atoms with E-state index in [0.29, 0.717) is 11.6 Å². The van der Waals surface area contributed by atoms with Gasteiger partial charge in [0.15, 0.2) is 5.65 Å². The normalized spacial score (nSPS) is 11.3. The van der Waals surface area contributed by atoms with Crippen LogP contribution in [0, 0.1) is 6.92 Å². The van der Waals surface area contributed by atoms with Gasteiger partial charge in [-0.05, 0) is 31.2 Å². The van der Waals surface area contributed by atoms with Crippen LogP contribution in [0.15, 0.2) is 55.0 Å². The Balaban J connectivity index is 1.48. The number of benzene rings is 2. The molecular weight excluding hydrogens is 366 g/mol. The highest BCUT2D eigenvalue weighted by Crippen LogP contribution is 2.30. The summed E-state index contributed by atoms with van der Waals surface area (Å²) in [5.41, 5.74) is 4.76. The van der Waals surface area contributed by atoms with Crippen molar-refractivity contribution in [3.8, 4) is 11.6 Å². The number of aryl methyl sites for hydroxylation is 3. The molecule has 0 unspecified atom stereocenters. The van der Waals surface area contributed by atoms with Gasteiger partial charge in [0.1, 0.15) is 17.5 Å². The summed E-state index contributed by atoms with van der Waals surface area (Å²) in [6, 6.07) is 14.0. The molecule has 0 atom stereocenters. The minimum absolute atomic E-state index is 0.469. The van der Waals surface area contributed by atoms with Gasteiger partial charge in [-0.25, -0.2) is 15.0 Å². The van der Waals surface area contributed by atoms with E-state index in [4.69, 9.17) is 9.72 Å². The molecule has 3 aromatic heterocycles. The monoisotopic (exact) mass is 385 g/mol. The van der Waals surface area contributed by atoms with Gasteiger partial charge in [0.2, 0.25) is 11.8 Å². The first kappa shape index (κ1) is 17.2. The van der Waals surface area contributed by atoms with Crippen molar-refractivity contribution in [3.63, 3.8) is 0 Å². The Morgan fingerprint density at radius 2 is 1.83 bits per heavy atom. The summed E-state index contributed by atoms with van der Waals surface area (Å²) in [7, 11) is 3.82. The fraction of sp³-hybridized carbons (Fsp3) is 0.143. The van der Waals surface area contributed by atoms with Crippen LogP contribution in [0.2, 0.25) is 0 Å². The van der Waals surface area contributed by atoms with Gasteiger partial charge >= 0.3 is 0 Å². The summed E-state index contributed by atoms with van der Waals surface area (Å²) in [6.07, 6.45) is 3.18. The Bertz CT molecular complexity index is 1330. The first-order chi connectivity index (χ1) is 14.1. The zero-order valence-corrected chi connectivity index (χ0v) is 16.3. The van der Waals surface area contributed by atoms with Crippen molar-refractivity contribution in [2.75, 3.05) is 5.32 Å². The van der Waals surface area contributed by atoms with Gasteiger partial charge in [0.05, 0.1) is 17.2 Å². The number of fused-ring (bicyclic) bond motifs is 2. The van der Waals surface area contributed by atoms with E-state index >= 15 is 0 Å². The molecule has 0 saturated heterocycles. The summed E-state index contributed by atoms with van der Waals surface area (Å²) in [4.78, 5) is 13.2. The maximum Gasteiger partial charge on any atom is 0.233 e. The molecule has 0 fully saturated rings. The molecule has 0 radical (unpaired) electrons. The smallest absolute Gasteiger partial charge is 0.233 e. The number of nitrogens with one attached hydrogen (secondary N) is 1. The highest BCUT2D eigenvalue weighted by molar-refractivity contribution is 5.82. The third kappa shape index (κ3) is 3.04. The molecule has 5 aromatic rings. The van der Waals surface area contributed by atoms with Crippen molar-refractivity contribution in [1.82, 2.24) is 29.3 Å². The minimum atomic E-state index is 0.469. The molecule has 0 spiro atoms. The Labute approximate surface area is 166 Å². The van der Waals surface area contributed by atoms with E-state index < -0.39 is 0 Å². The Hall–Kier alpha value is -3.94. The van der Waals surface area contributed by atoms with Crippen LogP contribution < -0.4 is 10.1 Å². The number of anilines is 2. The molecule has 0 bridgehead atoms. The first-order valence-corrected chi connectivity index (χ1v) is 9.19. The van der Waals surface area contributed by atoms with Crippen molar-refractivity contribution >= 4 is 33.7 Å². The number of hydrogen-bond donors (Lipinski definition) is 1. The summed E-state index contributed by atoms with van der Waals surface area (Å²) >= 11 is 0. The van der Waals surface area contributed by atoms with Crippen molar-refractivity contribution in [2.45, 2.75) is 6.92 Å². The topological polar surface area (TPSA) is 82.7 Å². The maximum atomic E-state index is 6.02. The fourth-order valence-electron chi connectivity index (χ4n) is 3.25. The molecule has 144 valence electrons. The van der Waals surface area contributed by atoms with Gasteiger partial charge in [-0.2, -0.15) is 5.10 Å². The van der Waals surface area contributed by atoms with Crippen LogP contribution in [0.3, 0.4) is 0 Å². The molecule has 0 saturated carbocycles. The van der Waals surface area contributed by atoms with Crippen LogP contribution in [-0.4, -0.2) is 29.3 Å². The van der Waals surface area contributed by atoms with E-state index in [-0.39, 0.29) is 0 Å². The molecule has 5 rings (SSSR count). The second-order valence-electron chi connectivity index (χ2n) is 6.92.